The maximum absolute atomic E-state index is 8.36. The summed E-state index contributed by atoms with van der Waals surface area (Å²) in [6, 6.07) is 12.3. The van der Waals surface area contributed by atoms with E-state index in [0.29, 0.717) is 5.71 Å². The molecule has 0 N–H and O–H groups in total. The van der Waals surface area contributed by atoms with E-state index in [4.69, 9.17) is 5.79 Å². The van der Waals surface area contributed by atoms with E-state index in [-0.39, 0.29) is 0 Å². The molecule has 0 radical (unpaired) electrons. The molecule has 0 aliphatic carbocycles. The van der Waals surface area contributed by atoms with E-state index in [1.54, 1.807) is 6.20 Å². The fourth-order valence-corrected chi connectivity index (χ4v) is 3.22. The molecule has 0 spiro atoms. The Morgan fingerprint density at radius 2 is 2.00 bits per heavy atom. The van der Waals surface area contributed by atoms with Gasteiger partial charge in [0.25, 0.3) is 0 Å². The van der Waals surface area contributed by atoms with Gasteiger partial charge in [-0.1, -0.05) is 26.0 Å². The number of hydrogen-bond donors (Lipinski definition) is 0. The van der Waals surface area contributed by atoms with Gasteiger partial charge < -0.3 is 4.42 Å². The zero-order valence-corrected chi connectivity index (χ0v) is 14.4. The van der Waals surface area contributed by atoms with Crippen molar-refractivity contribution in [1.29, 1.82) is 0 Å². The number of rotatable bonds is 2. The zero-order valence-electron chi connectivity index (χ0n) is 15.4. The number of furan rings is 1. The molecule has 3 aromatic heterocycles. The van der Waals surface area contributed by atoms with Gasteiger partial charge in [-0.3, -0.25) is 0 Å². The molecule has 3 nitrogen and oxygen atoms in total. The normalized spacial score (nSPS) is 12.8. The Labute approximate surface area is 143 Å². The third-order valence-electron chi connectivity index (χ3n) is 4.61. The summed E-state index contributed by atoms with van der Waals surface area (Å²) in [4.78, 5) is 4.36. The molecular formula is C21H21N2O+. The van der Waals surface area contributed by atoms with Crippen molar-refractivity contribution >= 4 is 22.1 Å². The van der Waals surface area contributed by atoms with Crippen molar-refractivity contribution in [1.82, 2.24) is 4.98 Å². The summed E-state index contributed by atoms with van der Waals surface area (Å²) in [6.07, 6.45) is 3.76. The van der Waals surface area contributed by atoms with Crippen LogP contribution in [0.15, 0.2) is 53.2 Å². The highest BCUT2D eigenvalue weighted by Gasteiger charge is 2.21. The molecule has 3 heteroatoms. The van der Waals surface area contributed by atoms with Crippen LogP contribution in [-0.4, -0.2) is 4.98 Å². The van der Waals surface area contributed by atoms with Crippen molar-refractivity contribution in [3.05, 3.63) is 59.9 Å². The number of nitrogens with zero attached hydrogens (tertiary/aromatic N) is 2. The molecule has 0 amide bonds. The Kier molecular flexibility index (Phi) is 3.12. The highest BCUT2D eigenvalue weighted by Crippen LogP contribution is 2.36. The Morgan fingerprint density at radius 3 is 2.79 bits per heavy atom. The first-order chi connectivity index (χ1) is 11.9. The van der Waals surface area contributed by atoms with Crippen molar-refractivity contribution in [2.75, 3.05) is 0 Å². The summed E-state index contributed by atoms with van der Waals surface area (Å²) in [7, 11) is 2.02. The summed E-state index contributed by atoms with van der Waals surface area (Å²) in [6.45, 7) is 5.91. The second-order valence-electron chi connectivity index (χ2n) is 6.50. The minimum absolute atomic E-state index is 0.653. The molecule has 4 aromatic rings. The number of aryl methyl sites for hydroxylation is 2. The van der Waals surface area contributed by atoms with Crippen molar-refractivity contribution in [3.8, 4) is 11.3 Å². The van der Waals surface area contributed by atoms with Gasteiger partial charge in [0, 0.05) is 30.5 Å². The van der Waals surface area contributed by atoms with Gasteiger partial charge in [-0.2, -0.15) is 0 Å². The summed E-state index contributed by atoms with van der Waals surface area (Å²) < 4.78 is 16.6. The van der Waals surface area contributed by atoms with Gasteiger partial charge in [-0.15, -0.1) is 0 Å². The first kappa shape index (κ1) is 13.7. The molecule has 0 atom stereocenters. The summed E-state index contributed by atoms with van der Waals surface area (Å²) in [5, 5.41) is 2.10. The second kappa shape index (κ2) is 5.45. The lowest BCUT2D eigenvalue weighted by Crippen LogP contribution is -2.31. The highest BCUT2D eigenvalue weighted by molar-refractivity contribution is 6.08. The Balaban J connectivity index is 2.09. The van der Waals surface area contributed by atoms with Crippen LogP contribution in [0.25, 0.3) is 33.3 Å². The first-order valence-corrected chi connectivity index (χ1v) is 8.13. The molecule has 0 saturated heterocycles. The van der Waals surface area contributed by atoms with Crippen molar-refractivity contribution in [2.24, 2.45) is 7.05 Å². The van der Waals surface area contributed by atoms with E-state index in [0.717, 1.165) is 38.7 Å². The Bertz CT molecular complexity index is 1110. The molecule has 0 saturated carbocycles. The SMILES string of the molecule is [2H]C(C)(C)c1cc[n+](C)c(-c2c(C)ccc3c2oc2ncccc23)c1. The van der Waals surface area contributed by atoms with Crippen LogP contribution in [0.5, 0.6) is 0 Å². The second-order valence-corrected chi connectivity index (χ2v) is 6.50. The zero-order chi connectivity index (χ0) is 17.8. The quantitative estimate of drug-likeness (QED) is 0.492. The molecule has 0 bridgehead atoms. The largest absolute Gasteiger partial charge is 0.437 e. The van der Waals surface area contributed by atoms with Crippen LogP contribution in [0.2, 0.25) is 0 Å². The van der Waals surface area contributed by atoms with Gasteiger partial charge in [-0.05, 0) is 36.1 Å². The van der Waals surface area contributed by atoms with E-state index in [1.807, 2.05) is 45.3 Å². The molecule has 0 unspecified atom stereocenters. The number of aromatic nitrogens is 2. The van der Waals surface area contributed by atoms with E-state index < -0.39 is 5.89 Å². The van der Waals surface area contributed by atoms with Gasteiger partial charge in [0.15, 0.2) is 11.8 Å². The summed E-state index contributed by atoms with van der Waals surface area (Å²) in [5.74, 6) is -0.653. The van der Waals surface area contributed by atoms with E-state index in [2.05, 4.69) is 34.7 Å². The molecule has 0 fully saturated rings. The monoisotopic (exact) mass is 318 g/mol. The lowest BCUT2D eigenvalue weighted by atomic mass is 9.97. The van der Waals surface area contributed by atoms with Crippen molar-refractivity contribution < 1.29 is 10.4 Å². The molecule has 0 aliphatic rings. The molecule has 1 aromatic carbocycles. The number of pyridine rings is 2. The molecule has 120 valence electrons. The first-order valence-electron chi connectivity index (χ1n) is 8.63. The lowest BCUT2D eigenvalue weighted by molar-refractivity contribution is -0.660. The predicted octanol–water partition coefficient (Wildman–Crippen LogP) is 4.90. The van der Waals surface area contributed by atoms with Crippen molar-refractivity contribution in [3.63, 3.8) is 0 Å². The van der Waals surface area contributed by atoms with E-state index in [9.17, 15) is 0 Å². The molecule has 24 heavy (non-hydrogen) atoms. The molecule has 4 rings (SSSR count). The fraction of sp³-hybridized carbons (Fsp3) is 0.238. The molecule has 0 aliphatic heterocycles. The van der Waals surface area contributed by atoms with Crippen molar-refractivity contribution in [2.45, 2.75) is 26.7 Å². The van der Waals surface area contributed by atoms with Crippen LogP contribution in [0.1, 0.15) is 32.2 Å². The van der Waals surface area contributed by atoms with Gasteiger partial charge in [-0.25, -0.2) is 9.55 Å². The van der Waals surface area contributed by atoms with Gasteiger partial charge in [0.1, 0.15) is 7.05 Å². The maximum Gasteiger partial charge on any atom is 0.227 e. The number of fused-ring (bicyclic) bond motifs is 3. The van der Waals surface area contributed by atoms with Crippen LogP contribution in [-0.2, 0) is 7.05 Å². The highest BCUT2D eigenvalue weighted by atomic mass is 16.3. The third-order valence-corrected chi connectivity index (χ3v) is 4.61. The van der Waals surface area contributed by atoms with Crippen LogP contribution in [0.3, 0.4) is 0 Å². The summed E-state index contributed by atoms with van der Waals surface area (Å²) >= 11 is 0. The number of benzene rings is 1. The van der Waals surface area contributed by atoms with Crippen LogP contribution >= 0.6 is 0 Å². The van der Waals surface area contributed by atoms with Gasteiger partial charge >= 0.3 is 0 Å². The summed E-state index contributed by atoms with van der Waals surface area (Å²) in [5.41, 5.74) is 5.73. The lowest BCUT2D eigenvalue weighted by Gasteiger charge is -2.09. The van der Waals surface area contributed by atoms with Gasteiger partial charge in [0.05, 0.1) is 5.56 Å². The number of hydrogen-bond acceptors (Lipinski definition) is 2. The van der Waals surface area contributed by atoms with Crippen LogP contribution in [0.4, 0.5) is 0 Å². The minimum Gasteiger partial charge on any atom is -0.437 e. The van der Waals surface area contributed by atoms with Crippen LogP contribution < -0.4 is 4.57 Å². The average Bonchev–Trinajstić information content (AvgIpc) is 2.93. The average molecular weight is 318 g/mol. The third kappa shape index (κ3) is 2.20. The maximum atomic E-state index is 8.36. The topological polar surface area (TPSA) is 29.9 Å². The standard InChI is InChI=1S/C21H21N2O/c1-13(2)15-9-11-23(4)18(12-15)19-14(3)7-8-16-17-6-5-10-22-21(17)24-20(16)19/h5-13H,1-4H3/q+1/i13D. The van der Waals surface area contributed by atoms with Gasteiger partial charge in [0.2, 0.25) is 11.4 Å². The predicted molar refractivity (Wildman–Crippen MR) is 97.0 cm³/mol. The smallest absolute Gasteiger partial charge is 0.227 e. The fourth-order valence-electron chi connectivity index (χ4n) is 3.22. The van der Waals surface area contributed by atoms with E-state index in [1.165, 1.54) is 0 Å². The van der Waals surface area contributed by atoms with Crippen LogP contribution in [0, 0.1) is 6.92 Å². The Hall–Kier alpha value is -2.68. The molecule has 3 heterocycles. The van der Waals surface area contributed by atoms with E-state index >= 15 is 0 Å². The Morgan fingerprint density at radius 1 is 1.17 bits per heavy atom. The molecular weight excluding hydrogens is 296 g/mol. The minimum atomic E-state index is -0.653.